The molecule has 1 atom stereocenters. The Balaban J connectivity index is 1.37. The highest BCUT2D eigenvalue weighted by Gasteiger charge is 2.34. The smallest absolute Gasteiger partial charge is 0.123 e. The van der Waals surface area contributed by atoms with E-state index in [0.717, 1.165) is 30.9 Å². The lowest BCUT2D eigenvalue weighted by molar-refractivity contribution is -0.00621. The van der Waals surface area contributed by atoms with Gasteiger partial charge in [0, 0.05) is 49.7 Å². The lowest BCUT2D eigenvalue weighted by atomic mass is 9.97. The van der Waals surface area contributed by atoms with Crippen LogP contribution in [0.5, 0.6) is 5.75 Å². The summed E-state index contributed by atoms with van der Waals surface area (Å²) < 4.78 is 7.48. The quantitative estimate of drug-likeness (QED) is 0.799. The van der Waals surface area contributed by atoms with E-state index in [0.29, 0.717) is 0 Å². The number of likely N-dealkylation sites (tertiary alicyclic amines) is 2. The van der Waals surface area contributed by atoms with Crippen LogP contribution >= 0.6 is 0 Å². The molecule has 4 rings (SSSR count). The van der Waals surface area contributed by atoms with Gasteiger partial charge in [0.05, 0.1) is 13.7 Å². The van der Waals surface area contributed by atoms with Crippen LogP contribution < -0.4 is 4.74 Å². The normalized spacial score (nSPS) is 22.3. The van der Waals surface area contributed by atoms with E-state index in [1.165, 1.54) is 50.0 Å². The Morgan fingerprint density at radius 2 is 2.08 bits per heavy atom. The third kappa shape index (κ3) is 3.79. The molecular formula is C21H30N4O. The van der Waals surface area contributed by atoms with E-state index in [1.807, 2.05) is 23.1 Å². The summed E-state index contributed by atoms with van der Waals surface area (Å²) in [7, 11) is 1.74. The first-order valence-electron chi connectivity index (χ1n) is 9.84. The molecule has 2 saturated heterocycles. The molecule has 140 valence electrons. The highest BCUT2D eigenvalue weighted by atomic mass is 16.5. The molecule has 0 spiro atoms. The van der Waals surface area contributed by atoms with Gasteiger partial charge in [-0.2, -0.15) is 5.10 Å². The maximum Gasteiger partial charge on any atom is 0.123 e. The van der Waals surface area contributed by atoms with Crippen molar-refractivity contribution in [1.29, 1.82) is 0 Å². The van der Waals surface area contributed by atoms with Crippen molar-refractivity contribution in [2.24, 2.45) is 0 Å². The number of nitrogens with zero attached hydrogens (tertiary/aromatic N) is 4. The van der Waals surface area contributed by atoms with E-state index in [-0.39, 0.29) is 0 Å². The second-order valence-corrected chi connectivity index (χ2v) is 7.78. The van der Waals surface area contributed by atoms with Crippen LogP contribution in [0.1, 0.15) is 37.3 Å². The molecule has 3 heterocycles. The Morgan fingerprint density at radius 1 is 1.19 bits per heavy atom. The van der Waals surface area contributed by atoms with Crippen LogP contribution in [0.15, 0.2) is 36.7 Å². The van der Waals surface area contributed by atoms with Gasteiger partial charge in [0.25, 0.3) is 0 Å². The van der Waals surface area contributed by atoms with Crippen LogP contribution in [0.25, 0.3) is 0 Å². The van der Waals surface area contributed by atoms with E-state index < -0.39 is 0 Å². The lowest BCUT2D eigenvalue weighted by Crippen LogP contribution is -2.61. The summed E-state index contributed by atoms with van der Waals surface area (Å²) in [6.45, 7) is 7.85. The lowest BCUT2D eigenvalue weighted by Gasteiger charge is -2.49. The molecule has 0 bridgehead atoms. The SMILES string of the molecule is COc1ccc(CN2CC(N3CCCCC3C)C2)cc1Cn1cccn1. The molecule has 5 heteroatoms. The molecule has 1 aromatic carbocycles. The highest BCUT2D eigenvalue weighted by Crippen LogP contribution is 2.27. The summed E-state index contributed by atoms with van der Waals surface area (Å²) in [4.78, 5) is 5.29. The van der Waals surface area contributed by atoms with Crippen molar-refractivity contribution in [2.75, 3.05) is 26.7 Å². The first-order valence-corrected chi connectivity index (χ1v) is 9.84. The number of methoxy groups -OCH3 is 1. The average molecular weight is 354 g/mol. The molecule has 2 aliphatic rings. The zero-order chi connectivity index (χ0) is 17.9. The molecule has 2 aromatic rings. The van der Waals surface area contributed by atoms with Gasteiger partial charge in [-0.15, -0.1) is 0 Å². The summed E-state index contributed by atoms with van der Waals surface area (Å²) in [5, 5.41) is 4.32. The van der Waals surface area contributed by atoms with Crippen molar-refractivity contribution in [3.05, 3.63) is 47.8 Å². The van der Waals surface area contributed by atoms with E-state index in [2.05, 4.69) is 40.0 Å². The fraction of sp³-hybridized carbons (Fsp3) is 0.571. The molecule has 2 fully saturated rings. The van der Waals surface area contributed by atoms with Gasteiger partial charge in [0.1, 0.15) is 5.75 Å². The van der Waals surface area contributed by atoms with Gasteiger partial charge in [0.15, 0.2) is 0 Å². The second-order valence-electron chi connectivity index (χ2n) is 7.78. The van der Waals surface area contributed by atoms with Crippen LogP contribution in [-0.2, 0) is 13.1 Å². The monoisotopic (exact) mass is 354 g/mol. The number of benzene rings is 1. The molecule has 26 heavy (non-hydrogen) atoms. The van der Waals surface area contributed by atoms with Crippen LogP contribution in [0, 0.1) is 0 Å². The van der Waals surface area contributed by atoms with E-state index in [1.54, 1.807) is 7.11 Å². The predicted octanol–water partition coefficient (Wildman–Crippen LogP) is 3.00. The molecular weight excluding hydrogens is 324 g/mol. The molecule has 1 unspecified atom stereocenters. The van der Waals surface area contributed by atoms with Crippen molar-refractivity contribution in [3.63, 3.8) is 0 Å². The van der Waals surface area contributed by atoms with Crippen LogP contribution in [0.3, 0.4) is 0 Å². The first kappa shape index (κ1) is 17.6. The van der Waals surface area contributed by atoms with Crippen molar-refractivity contribution in [2.45, 2.75) is 51.4 Å². The van der Waals surface area contributed by atoms with E-state index in [9.17, 15) is 0 Å². The van der Waals surface area contributed by atoms with Gasteiger partial charge in [-0.05, 0) is 50.1 Å². The molecule has 0 saturated carbocycles. The summed E-state index contributed by atoms with van der Waals surface area (Å²) >= 11 is 0. The van der Waals surface area contributed by atoms with Crippen molar-refractivity contribution in [3.8, 4) is 5.75 Å². The molecule has 1 aromatic heterocycles. The number of hydrogen-bond donors (Lipinski definition) is 0. The summed E-state index contributed by atoms with van der Waals surface area (Å²) in [5.74, 6) is 0.938. The summed E-state index contributed by atoms with van der Waals surface area (Å²) in [6, 6.07) is 10.0. The fourth-order valence-electron chi connectivity index (χ4n) is 4.42. The maximum absolute atomic E-state index is 5.54. The number of rotatable bonds is 6. The molecule has 0 radical (unpaired) electrons. The first-order chi connectivity index (χ1) is 12.7. The highest BCUT2D eigenvalue weighted by molar-refractivity contribution is 5.37. The van der Waals surface area contributed by atoms with E-state index in [4.69, 9.17) is 4.74 Å². The van der Waals surface area contributed by atoms with Gasteiger partial charge in [-0.1, -0.05) is 12.5 Å². The minimum atomic E-state index is 0.748. The number of piperidine rings is 1. The number of hydrogen-bond acceptors (Lipinski definition) is 4. The molecule has 0 N–H and O–H groups in total. The molecule has 5 nitrogen and oxygen atoms in total. The average Bonchev–Trinajstić information content (AvgIpc) is 3.12. The van der Waals surface area contributed by atoms with Crippen LogP contribution in [0.4, 0.5) is 0 Å². The molecule has 2 aliphatic heterocycles. The Bertz CT molecular complexity index is 709. The van der Waals surface area contributed by atoms with Gasteiger partial charge < -0.3 is 4.74 Å². The Labute approximate surface area is 156 Å². The summed E-state index contributed by atoms with van der Waals surface area (Å²) in [5.41, 5.74) is 2.55. The van der Waals surface area contributed by atoms with E-state index >= 15 is 0 Å². The van der Waals surface area contributed by atoms with Crippen LogP contribution in [0.2, 0.25) is 0 Å². The Hall–Kier alpha value is -1.85. The maximum atomic E-state index is 5.54. The Kier molecular flexibility index (Phi) is 5.27. The van der Waals surface area contributed by atoms with Gasteiger partial charge in [-0.25, -0.2) is 0 Å². The number of aromatic nitrogens is 2. The Morgan fingerprint density at radius 3 is 2.81 bits per heavy atom. The van der Waals surface area contributed by atoms with Gasteiger partial charge >= 0.3 is 0 Å². The minimum absolute atomic E-state index is 0.748. The zero-order valence-electron chi connectivity index (χ0n) is 16.0. The third-order valence-electron chi connectivity index (χ3n) is 5.90. The van der Waals surface area contributed by atoms with Crippen molar-refractivity contribution < 1.29 is 4.74 Å². The topological polar surface area (TPSA) is 33.5 Å². The third-order valence-corrected chi connectivity index (χ3v) is 5.90. The predicted molar refractivity (Wildman–Crippen MR) is 103 cm³/mol. The van der Waals surface area contributed by atoms with Crippen molar-refractivity contribution in [1.82, 2.24) is 19.6 Å². The molecule has 0 amide bonds. The summed E-state index contributed by atoms with van der Waals surface area (Å²) in [6.07, 6.45) is 7.95. The second kappa shape index (κ2) is 7.80. The van der Waals surface area contributed by atoms with Crippen molar-refractivity contribution >= 4 is 0 Å². The van der Waals surface area contributed by atoms with Crippen LogP contribution in [-0.4, -0.2) is 58.4 Å². The fourth-order valence-corrected chi connectivity index (χ4v) is 4.42. The minimum Gasteiger partial charge on any atom is -0.496 e. The largest absolute Gasteiger partial charge is 0.496 e. The van der Waals surface area contributed by atoms with Gasteiger partial charge in [0.2, 0.25) is 0 Å². The van der Waals surface area contributed by atoms with Gasteiger partial charge in [-0.3, -0.25) is 14.5 Å². The standard InChI is InChI=1S/C21H30N4O/c1-17-6-3-4-11-25(17)20-15-23(16-20)13-18-7-8-21(26-2)19(12-18)14-24-10-5-9-22-24/h5,7-10,12,17,20H,3-4,6,11,13-16H2,1-2H3. The zero-order valence-corrected chi connectivity index (χ0v) is 16.0. The number of ether oxygens (including phenoxy) is 1. The molecule has 0 aliphatic carbocycles.